The first-order chi connectivity index (χ1) is 45.2. The number of methoxy groups -OCH3 is 3. The number of carbonyl (C=O) groups excluding carboxylic acids is 1. The third kappa shape index (κ3) is 69.4. The molecule has 6 N–H and O–H groups in total. The van der Waals surface area contributed by atoms with Crippen LogP contribution in [0.1, 0.15) is 104 Å². The second-order valence-electron chi connectivity index (χ2n) is 20.9. The Balaban J connectivity index is -0.000000135. The molecular formula is C77H116Br2Cl2Na2O16. The summed E-state index contributed by atoms with van der Waals surface area (Å²) in [5.41, 5.74) is 10.5. The van der Waals surface area contributed by atoms with Crippen molar-refractivity contribution >= 4 is 61.3 Å². The second-order valence-corrected chi connectivity index (χ2v) is 22.8. The van der Waals surface area contributed by atoms with E-state index in [-0.39, 0.29) is 124 Å². The van der Waals surface area contributed by atoms with E-state index in [0.717, 1.165) is 111 Å². The Morgan fingerprint density at radius 3 is 0.990 bits per heavy atom. The number of benzene rings is 6. The van der Waals surface area contributed by atoms with Gasteiger partial charge in [-0.1, -0.05) is 165 Å². The molecule has 0 amide bonds. The minimum absolute atomic E-state index is 0. The number of aliphatic hydroxyl groups excluding tert-OH is 4. The van der Waals surface area contributed by atoms with Crippen LogP contribution in [0.4, 0.5) is 0 Å². The van der Waals surface area contributed by atoms with Crippen molar-refractivity contribution in [3.8, 4) is 34.5 Å². The average Bonchev–Trinajstić information content (AvgIpc) is 1.58. The SMILES string of the molecule is C.C.C1CCOC1.C=C(C)CBr.C=C(C)COc1ccc(CBr)cc1.C=C(C)COc1ccc(CO)cc1.C=C(C)COc1ccc(COC)cc1.CO.COCc1ccc(OCC(C)C=O)cc1.COCc1ccc(OCC(C)CO)cc1.ClCCl.OCc1ccc(O)cc1.[H-].[Na+].[Na+].[OH-]. The quantitative estimate of drug-likeness (QED) is 0.0140. The molecule has 550 valence electrons. The molecule has 0 aliphatic carbocycles. The number of hydrogen-bond donors (Lipinski definition) is 5. The molecule has 22 heteroatoms. The van der Waals surface area contributed by atoms with E-state index >= 15 is 0 Å². The van der Waals surface area contributed by atoms with E-state index in [4.69, 9.17) is 91.4 Å². The number of ether oxygens (including phenoxy) is 9. The van der Waals surface area contributed by atoms with E-state index in [1.165, 1.54) is 24.0 Å². The number of phenolic OH excluding ortho intramolecular Hbond substituents is 1. The summed E-state index contributed by atoms with van der Waals surface area (Å²) >= 11 is 16.1. The van der Waals surface area contributed by atoms with Crippen LogP contribution in [-0.4, -0.2) is 129 Å². The Morgan fingerprint density at radius 2 is 0.768 bits per heavy atom. The fraction of sp³-hybridized carbons (Fsp3) is 0.416. The summed E-state index contributed by atoms with van der Waals surface area (Å²) in [5.74, 6) is 4.51. The smallest absolute Gasteiger partial charge is 1.00 e. The number of phenols is 1. The van der Waals surface area contributed by atoms with E-state index in [1.807, 2.05) is 163 Å². The zero-order chi connectivity index (χ0) is 71.2. The van der Waals surface area contributed by atoms with Crippen molar-refractivity contribution in [2.24, 2.45) is 11.8 Å². The number of hydrogen-bond acceptors (Lipinski definition) is 16. The standard InChI is InChI=1S/C12H18O3.C12H16O3.C12H16O2.C11H13BrO.C11H14O2.C7H8O2.C4H7Br.C4H8O.CH2Cl2.CH4O.2CH4.2Na.H2O.H/c2*1-10(7-13)8-15-12-5-3-11(4-6-12)9-14-2;1-10(2)8-14-12-6-4-11(5-7-12)9-13-3;2*1-9(2)8-13-11-5-3-10(7-12)4-6-11;8-5-6-1-3-7(9)4-2-6;1-4(2)3-5;1-2-4-5-3-1;2-1-3;1-2;;;;;;/h3-6,10,13H,7-9H2,1-2H3;3-7,10H,8-9H2,1-2H3;4-7H,1,8-9H2,2-3H3;3-6H,1,7-8H2,2H3;3-6,12H,1,7-8H2,2H3;1-4,8-9H,5H2;1,3H2,2H3;1-4H2;1H2;2H,1H3;2*1H4;;;1H2;/q;;;;;;;;;;;;2*+1;;-1/p-1. The number of aldehydes is 1. The van der Waals surface area contributed by atoms with Gasteiger partial charge in [0.05, 0.1) is 51.6 Å². The van der Waals surface area contributed by atoms with Crippen molar-refractivity contribution in [1.29, 1.82) is 0 Å². The molecule has 0 bridgehead atoms. The van der Waals surface area contributed by atoms with Gasteiger partial charge in [-0.05, 0) is 163 Å². The molecule has 1 fully saturated rings. The monoisotopic (exact) mass is 1570 g/mol. The minimum Gasteiger partial charge on any atom is -1.00 e. The topological polar surface area (TPSA) is 231 Å². The van der Waals surface area contributed by atoms with Crippen LogP contribution in [-0.2, 0) is 62.1 Å². The average molecular weight is 1570 g/mol. The van der Waals surface area contributed by atoms with Crippen molar-refractivity contribution < 1.29 is 139 Å². The zero-order valence-electron chi connectivity index (χ0n) is 60.4. The molecule has 1 aliphatic heterocycles. The van der Waals surface area contributed by atoms with Gasteiger partial charge in [0.25, 0.3) is 0 Å². The summed E-state index contributed by atoms with van der Waals surface area (Å²) in [6.07, 6.45) is 3.44. The molecule has 0 spiro atoms. The predicted molar refractivity (Wildman–Crippen MR) is 410 cm³/mol. The maximum atomic E-state index is 10.4. The van der Waals surface area contributed by atoms with Gasteiger partial charge in [0.15, 0.2) is 0 Å². The number of alkyl halides is 4. The molecule has 0 radical (unpaired) electrons. The van der Waals surface area contributed by atoms with Gasteiger partial charge in [-0.15, -0.1) is 23.2 Å². The number of carbonyl (C=O) groups is 1. The molecule has 0 aromatic heterocycles. The van der Waals surface area contributed by atoms with Crippen molar-refractivity contribution in [3.05, 3.63) is 228 Å². The first kappa shape index (κ1) is 111. The maximum absolute atomic E-state index is 10.4. The minimum atomic E-state index is -0.0661. The van der Waals surface area contributed by atoms with Gasteiger partial charge in [0.2, 0.25) is 0 Å². The Labute approximate surface area is 667 Å². The van der Waals surface area contributed by atoms with Crippen LogP contribution in [0.2, 0.25) is 0 Å². The fourth-order valence-electron chi connectivity index (χ4n) is 6.20. The van der Waals surface area contributed by atoms with E-state index in [1.54, 1.807) is 45.6 Å². The molecule has 6 aromatic rings. The molecule has 6 aromatic carbocycles. The van der Waals surface area contributed by atoms with Gasteiger partial charge in [-0.25, -0.2) is 0 Å². The summed E-state index contributed by atoms with van der Waals surface area (Å²) in [6, 6.07) is 45.2. The number of allylic oxidation sites excluding steroid dienone is 1. The molecule has 16 nitrogen and oxygen atoms in total. The van der Waals surface area contributed by atoms with Gasteiger partial charge in [-0.3, -0.25) is 0 Å². The van der Waals surface area contributed by atoms with Crippen molar-refractivity contribution in [2.75, 3.05) is 92.0 Å². The number of rotatable bonds is 27. The molecule has 1 saturated heterocycles. The Bertz CT molecular complexity index is 2710. The van der Waals surface area contributed by atoms with Crippen LogP contribution in [0.5, 0.6) is 34.5 Å². The van der Waals surface area contributed by atoms with Crippen LogP contribution in [0.15, 0.2) is 194 Å². The van der Waals surface area contributed by atoms with Crippen molar-refractivity contribution in [3.63, 3.8) is 0 Å². The summed E-state index contributed by atoms with van der Waals surface area (Å²) in [6.45, 7) is 33.3. The zero-order valence-corrected chi connectivity index (χ0v) is 68.1. The number of aromatic hydroxyl groups is 1. The van der Waals surface area contributed by atoms with Gasteiger partial charge >= 0.3 is 59.1 Å². The van der Waals surface area contributed by atoms with Gasteiger partial charge < -0.3 is 79.9 Å². The first-order valence-corrected chi connectivity index (χ1v) is 33.5. The number of halogens is 4. The van der Waals surface area contributed by atoms with Gasteiger partial charge in [-0.2, -0.15) is 0 Å². The number of aliphatic hydroxyl groups is 4. The van der Waals surface area contributed by atoms with Crippen LogP contribution < -0.4 is 82.8 Å². The van der Waals surface area contributed by atoms with E-state index < -0.39 is 0 Å². The van der Waals surface area contributed by atoms with Crippen LogP contribution in [0.25, 0.3) is 0 Å². The molecule has 2 atom stereocenters. The summed E-state index contributed by atoms with van der Waals surface area (Å²) in [4.78, 5) is 10.4. The van der Waals surface area contributed by atoms with E-state index in [0.29, 0.717) is 52.9 Å². The predicted octanol–water partition coefficient (Wildman–Crippen LogP) is 12.2. The van der Waals surface area contributed by atoms with Crippen molar-refractivity contribution in [1.82, 2.24) is 0 Å². The molecule has 1 aliphatic rings. The van der Waals surface area contributed by atoms with Gasteiger partial charge in [0.1, 0.15) is 60.6 Å². The molecule has 99 heavy (non-hydrogen) atoms. The van der Waals surface area contributed by atoms with Crippen LogP contribution in [0, 0.1) is 11.8 Å². The van der Waals surface area contributed by atoms with Gasteiger partial charge in [0, 0.05) is 70.8 Å². The fourth-order valence-corrected chi connectivity index (χ4v) is 6.57. The molecule has 2 unspecified atom stereocenters. The molecule has 1 heterocycles. The van der Waals surface area contributed by atoms with Crippen molar-refractivity contribution in [2.45, 2.75) is 108 Å². The summed E-state index contributed by atoms with van der Waals surface area (Å²) in [7, 11) is 6.02. The summed E-state index contributed by atoms with van der Waals surface area (Å²) < 4.78 is 47.2. The van der Waals surface area contributed by atoms with Crippen LogP contribution in [0.3, 0.4) is 0 Å². The molecule has 0 saturated carbocycles. The molecule has 7 rings (SSSR count). The Hall–Kier alpha value is -4.07. The molecular weight excluding hydrogens is 1460 g/mol. The normalized spacial score (nSPS) is 10.4. The van der Waals surface area contributed by atoms with Crippen LogP contribution >= 0.6 is 55.1 Å². The Kier molecular flexibility index (Phi) is 87.4. The summed E-state index contributed by atoms with van der Waals surface area (Å²) in [5, 5.41) is 43.9. The third-order valence-electron chi connectivity index (χ3n) is 11.1. The maximum Gasteiger partial charge on any atom is 1.00 e. The third-order valence-corrected chi connectivity index (χ3v) is 12.7. The Morgan fingerprint density at radius 1 is 0.505 bits per heavy atom. The van der Waals surface area contributed by atoms with E-state index in [9.17, 15) is 4.79 Å². The largest absolute Gasteiger partial charge is 1.00 e. The first-order valence-electron chi connectivity index (χ1n) is 30.1. The van der Waals surface area contributed by atoms with E-state index in [2.05, 4.69) is 58.2 Å². The second kappa shape index (κ2) is 78.1.